The Hall–Kier alpha value is -1.56. The lowest BCUT2D eigenvalue weighted by Crippen LogP contribution is -2.33. The molecular weight excluding hydrogens is 256 g/mol. The summed E-state index contributed by atoms with van der Waals surface area (Å²) in [7, 11) is 1.81. The van der Waals surface area contributed by atoms with Gasteiger partial charge in [-0.1, -0.05) is 26.7 Å². The number of aliphatic hydroxyl groups is 1. The number of rotatable bonds is 8. The molecule has 0 aliphatic carbocycles. The standard InChI is InChI=1S/C14H26N4O2/c1-4-6-12-9-13(18(3)17-12)16-14(20)15-10-11(5-2)7-8-19/h9,11,19H,4-8,10H2,1-3H3,(H2,15,16,20). The molecule has 0 bridgehead atoms. The molecule has 0 radical (unpaired) electrons. The van der Waals surface area contributed by atoms with Crippen LogP contribution in [0.4, 0.5) is 10.6 Å². The van der Waals surface area contributed by atoms with E-state index in [1.54, 1.807) is 4.68 Å². The first-order valence-electron chi connectivity index (χ1n) is 7.29. The Labute approximate surface area is 120 Å². The van der Waals surface area contributed by atoms with Gasteiger partial charge in [-0.15, -0.1) is 0 Å². The second-order valence-corrected chi connectivity index (χ2v) is 5.02. The van der Waals surface area contributed by atoms with Crippen LogP contribution in [-0.4, -0.2) is 34.1 Å². The van der Waals surface area contributed by atoms with Crippen molar-refractivity contribution < 1.29 is 9.90 Å². The minimum Gasteiger partial charge on any atom is -0.396 e. The third-order valence-corrected chi connectivity index (χ3v) is 3.34. The molecule has 114 valence electrons. The number of carbonyl (C=O) groups excluding carboxylic acids is 1. The van der Waals surface area contributed by atoms with E-state index in [2.05, 4.69) is 29.6 Å². The Morgan fingerprint density at radius 2 is 2.25 bits per heavy atom. The number of anilines is 1. The van der Waals surface area contributed by atoms with Crippen LogP contribution in [0.15, 0.2) is 6.07 Å². The topological polar surface area (TPSA) is 79.2 Å². The third kappa shape index (κ3) is 5.21. The predicted octanol–water partition coefficient (Wildman–Crippen LogP) is 1.90. The fourth-order valence-corrected chi connectivity index (χ4v) is 2.05. The number of aryl methyl sites for hydroxylation is 2. The van der Waals surface area contributed by atoms with Crippen LogP contribution in [0.2, 0.25) is 0 Å². The van der Waals surface area contributed by atoms with Crippen LogP contribution in [0, 0.1) is 5.92 Å². The van der Waals surface area contributed by atoms with Crippen molar-refractivity contribution in [2.75, 3.05) is 18.5 Å². The lowest BCUT2D eigenvalue weighted by Gasteiger charge is -2.14. The van der Waals surface area contributed by atoms with Gasteiger partial charge in [0.15, 0.2) is 0 Å². The van der Waals surface area contributed by atoms with Crippen LogP contribution >= 0.6 is 0 Å². The zero-order valence-electron chi connectivity index (χ0n) is 12.6. The van der Waals surface area contributed by atoms with Crippen molar-refractivity contribution in [3.05, 3.63) is 11.8 Å². The van der Waals surface area contributed by atoms with Gasteiger partial charge in [-0.3, -0.25) is 10.00 Å². The van der Waals surface area contributed by atoms with Crippen LogP contribution in [0.25, 0.3) is 0 Å². The highest BCUT2D eigenvalue weighted by molar-refractivity contribution is 5.88. The molecule has 6 heteroatoms. The van der Waals surface area contributed by atoms with Gasteiger partial charge in [0.1, 0.15) is 5.82 Å². The van der Waals surface area contributed by atoms with Gasteiger partial charge in [0.2, 0.25) is 0 Å². The summed E-state index contributed by atoms with van der Waals surface area (Å²) in [5.41, 5.74) is 0.983. The molecule has 0 saturated carbocycles. The molecule has 0 saturated heterocycles. The number of amides is 2. The van der Waals surface area contributed by atoms with Crippen LogP contribution in [0.3, 0.4) is 0 Å². The molecule has 1 atom stereocenters. The third-order valence-electron chi connectivity index (χ3n) is 3.34. The molecule has 3 N–H and O–H groups in total. The first-order chi connectivity index (χ1) is 9.60. The number of urea groups is 1. The number of nitrogens with one attached hydrogen (secondary N) is 2. The van der Waals surface area contributed by atoms with Crippen LogP contribution in [-0.2, 0) is 13.5 Å². The Balaban J connectivity index is 2.45. The lowest BCUT2D eigenvalue weighted by atomic mass is 10.0. The Kier molecular flexibility index (Phi) is 7.08. The molecule has 1 rings (SSSR count). The molecule has 2 amide bonds. The van der Waals surface area contributed by atoms with Gasteiger partial charge in [0, 0.05) is 26.3 Å². The van der Waals surface area contributed by atoms with E-state index in [-0.39, 0.29) is 12.6 Å². The number of hydrogen-bond donors (Lipinski definition) is 3. The molecule has 0 aliphatic heterocycles. The fourth-order valence-electron chi connectivity index (χ4n) is 2.05. The van der Waals surface area contributed by atoms with E-state index in [4.69, 9.17) is 5.11 Å². The molecular formula is C14H26N4O2. The van der Waals surface area contributed by atoms with Crippen molar-refractivity contribution in [1.82, 2.24) is 15.1 Å². The number of aliphatic hydroxyl groups excluding tert-OH is 1. The highest BCUT2D eigenvalue weighted by atomic mass is 16.3. The second kappa shape index (κ2) is 8.58. The fraction of sp³-hybridized carbons (Fsp3) is 0.714. The molecule has 0 spiro atoms. The summed E-state index contributed by atoms with van der Waals surface area (Å²) in [5.74, 6) is 1.01. The molecule has 0 aromatic carbocycles. The Bertz CT molecular complexity index is 417. The minimum atomic E-state index is -0.229. The van der Waals surface area contributed by atoms with E-state index in [0.29, 0.717) is 24.7 Å². The van der Waals surface area contributed by atoms with Crippen LogP contribution in [0.5, 0.6) is 0 Å². The van der Waals surface area contributed by atoms with Crippen molar-refractivity contribution in [3.63, 3.8) is 0 Å². The Morgan fingerprint density at radius 1 is 1.50 bits per heavy atom. The van der Waals surface area contributed by atoms with Gasteiger partial charge in [0.25, 0.3) is 0 Å². The van der Waals surface area contributed by atoms with E-state index in [0.717, 1.165) is 25.0 Å². The highest BCUT2D eigenvalue weighted by Crippen LogP contribution is 2.11. The number of aromatic nitrogens is 2. The zero-order valence-corrected chi connectivity index (χ0v) is 12.6. The van der Waals surface area contributed by atoms with E-state index in [9.17, 15) is 4.79 Å². The van der Waals surface area contributed by atoms with Crippen molar-refractivity contribution in [2.24, 2.45) is 13.0 Å². The maximum atomic E-state index is 11.8. The average molecular weight is 282 g/mol. The number of nitrogens with zero attached hydrogens (tertiary/aromatic N) is 2. The van der Waals surface area contributed by atoms with E-state index >= 15 is 0 Å². The molecule has 0 aliphatic rings. The molecule has 1 aromatic heterocycles. The van der Waals surface area contributed by atoms with Gasteiger partial charge in [0.05, 0.1) is 5.69 Å². The van der Waals surface area contributed by atoms with E-state index in [1.165, 1.54) is 0 Å². The van der Waals surface area contributed by atoms with Gasteiger partial charge < -0.3 is 10.4 Å². The van der Waals surface area contributed by atoms with Crippen molar-refractivity contribution in [2.45, 2.75) is 39.5 Å². The first kappa shape index (κ1) is 16.5. The maximum absolute atomic E-state index is 11.8. The summed E-state index contributed by atoms with van der Waals surface area (Å²) >= 11 is 0. The minimum absolute atomic E-state index is 0.157. The predicted molar refractivity (Wildman–Crippen MR) is 79.7 cm³/mol. The quantitative estimate of drug-likeness (QED) is 0.681. The van der Waals surface area contributed by atoms with Gasteiger partial charge in [-0.25, -0.2) is 4.79 Å². The molecule has 1 heterocycles. The molecule has 1 unspecified atom stereocenters. The monoisotopic (exact) mass is 282 g/mol. The molecule has 1 aromatic rings. The largest absolute Gasteiger partial charge is 0.396 e. The lowest BCUT2D eigenvalue weighted by molar-refractivity contribution is 0.238. The van der Waals surface area contributed by atoms with Crippen molar-refractivity contribution in [1.29, 1.82) is 0 Å². The summed E-state index contributed by atoms with van der Waals surface area (Å²) in [6.07, 6.45) is 3.59. The SMILES string of the molecule is CCCc1cc(NC(=O)NCC(CC)CCO)n(C)n1. The summed E-state index contributed by atoms with van der Waals surface area (Å²) in [6, 6.07) is 1.67. The molecule has 0 fully saturated rings. The van der Waals surface area contributed by atoms with Gasteiger partial charge in [-0.05, 0) is 18.8 Å². The molecule has 20 heavy (non-hydrogen) atoms. The maximum Gasteiger partial charge on any atom is 0.320 e. The second-order valence-electron chi connectivity index (χ2n) is 5.02. The number of carbonyl (C=O) groups is 1. The average Bonchev–Trinajstić information content (AvgIpc) is 2.75. The smallest absolute Gasteiger partial charge is 0.320 e. The summed E-state index contributed by atoms with van der Waals surface area (Å²) < 4.78 is 1.68. The summed E-state index contributed by atoms with van der Waals surface area (Å²) in [5, 5.41) is 18.9. The highest BCUT2D eigenvalue weighted by Gasteiger charge is 2.10. The van der Waals surface area contributed by atoms with Crippen molar-refractivity contribution in [3.8, 4) is 0 Å². The summed E-state index contributed by atoms with van der Waals surface area (Å²) in [4.78, 5) is 11.8. The van der Waals surface area contributed by atoms with E-state index < -0.39 is 0 Å². The van der Waals surface area contributed by atoms with Gasteiger partial charge >= 0.3 is 6.03 Å². The number of hydrogen-bond acceptors (Lipinski definition) is 3. The van der Waals surface area contributed by atoms with Crippen LogP contribution in [0.1, 0.15) is 38.8 Å². The van der Waals surface area contributed by atoms with Crippen LogP contribution < -0.4 is 10.6 Å². The van der Waals surface area contributed by atoms with Crippen molar-refractivity contribution >= 4 is 11.8 Å². The summed E-state index contributed by atoms with van der Waals surface area (Å²) in [6.45, 7) is 4.88. The first-order valence-corrected chi connectivity index (χ1v) is 7.29. The van der Waals surface area contributed by atoms with Gasteiger partial charge in [-0.2, -0.15) is 5.10 Å². The molecule has 6 nitrogen and oxygen atoms in total. The zero-order chi connectivity index (χ0) is 15.0. The van der Waals surface area contributed by atoms with E-state index in [1.807, 2.05) is 13.1 Å². The normalized spacial score (nSPS) is 12.2. The Morgan fingerprint density at radius 3 is 2.85 bits per heavy atom.